The van der Waals surface area contributed by atoms with E-state index in [0.29, 0.717) is 11.6 Å². The van der Waals surface area contributed by atoms with Gasteiger partial charge in [-0.05, 0) is 48.2 Å². The maximum atomic E-state index is 12.6. The molecule has 2 aromatic carbocycles. The average Bonchev–Trinajstić information content (AvgIpc) is 2.61. The molecule has 0 aliphatic carbocycles. The number of rotatable bonds is 5. The highest BCUT2D eigenvalue weighted by Crippen LogP contribution is 2.29. The lowest BCUT2D eigenvalue weighted by Gasteiger charge is -2.29. The van der Waals surface area contributed by atoms with Gasteiger partial charge in [-0.1, -0.05) is 29.8 Å². The van der Waals surface area contributed by atoms with Gasteiger partial charge in [-0.3, -0.25) is 4.79 Å². The van der Waals surface area contributed by atoms with Gasteiger partial charge in [0.05, 0.1) is 11.5 Å². The van der Waals surface area contributed by atoms with E-state index >= 15 is 0 Å². The zero-order valence-corrected chi connectivity index (χ0v) is 16.0. The number of anilines is 1. The number of amides is 1. The number of fused-ring (bicyclic) bond motifs is 1. The molecule has 3 rings (SSSR count). The van der Waals surface area contributed by atoms with Crippen LogP contribution in [0.2, 0.25) is 5.02 Å². The number of nitrogens with zero attached hydrogens (tertiary/aromatic N) is 1. The number of halogens is 1. The zero-order chi connectivity index (χ0) is 18.7. The lowest BCUT2D eigenvalue weighted by atomic mass is 10.0. The van der Waals surface area contributed by atoms with Gasteiger partial charge < -0.3 is 9.64 Å². The standard InChI is InChI=1S/C19H20ClNO4S/c1-26(23,24)16-8-9-18-14(11-16)6-4-10-21(18)19(22)13-25-12-15-5-2-3-7-17(15)20/h2-3,5,7-9,11H,4,6,10,12-13H2,1H3. The smallest absolute Gasteiger partial charge is 0.252 e. The molecule has 7 heteroatoms. The molecule has 0 unspecified atom stereocenters. The highest BCUT2D eigenvalue weighted by atomic mass is 35.5. The van der Waals surface area contributed by atoms with Gasteiger partial charge in [-0.15, -0.1) is 0 Å². The van der Waals surface area contributed by atoms with Crippen LogP contribution in [0.3, 0.4) is 0 Å². The summed E-state index contributed by atoms with van der Waals surface area (Å²) in [5, 5.41) is 0.608. The summed E-state index contributed by atoms with van der Waals surface area (Å²) in [6.07, 6.45) is 2.72. The van der Waals surface area contributed by atoms with E-state index in [4.69, 9.17) is 16.3 Å². The van der Waals surface area contributed by atoms with E-state index in [-0.39, 0.29) is 24.0 Å². The Kier molecular flexibility index (Phi) is 5.65. The molecule has 5 nitrogen and oxygen atoms in total. The average molecular weight is 394 g/mol. The number of benzene rings is 2. The minimum atomic E-state index is -3.26. The fourth-order valence-corrected chi connectivity index (χ4v) is 3.87. The largest absolute Gasteiger partial charge is 0.367 e. The van der Waals surface area contributed by atoms with Gasteiger partial charge in [0, 0.05) is 23.5 Å². The van der Waals surface area contributed by atoms with Crippen molar-refractivity contribution < 1.29 is 17.9 Å². The Hall–Kier alpha value is -1.89. The van der Waals surface area contributed by atoms with Crippen LogP contribution in [0, 0.1) is 0 Å². The minimum absolute atomic E-state index is 0.0571. The Bertz CT molecular complexity index is 927. The van der Waals surface area contributed by atoms with Crippen LogP contribution in [-0.4, -0.2) is 33.7 Å². The molecule has 0 atom stereocenters. The molecule has 0 fully saturated rings. The number of carbonyl (C=O) groups excluding carboxylic acids is 1. The lowest BCUT2D eigenvalue weighted by Crippen LogP contribution is -2.38. The van der Waals surface area contributed by atoms with E-state index in [2.05, 4.69) is 0 Å². The van der Waals surface area contributed by atoms with Crippen LogP contribution in [0.15, 0.2) is 47.4 Å². The van der Waals surface area contributed by atoms with Gasteiger partial charge in [0.25, 0.3) is 5.91 Å². The van der Waals surface area contributed by atoms with E-state index in [0.717, 1.165) is 29.7 Å². The third-order valence-electron chi connectivity index (χ3n) is 4.34. The minimum Gasteiger partial charge on any atom is -0.367 e. The number of sulfone groups is 1. The second-order valence-electron chi connectivity index (χ2n) is 6.30. The van der Waals surface area contributed by atoms with Crippen LogP contribution >= 0.6 is 11.6 Å². The molecule has 1 amide bonds. The molecule has 0 radical (unpaired) electrons. The topological polar surface area (TPSA) is 63.7 Å². The molecular formula is C19H20ClNO4S. The molecule has 1 aliphatic heterocycles. The number of ether oxygens (including phenoxy) is 1. The predicted molar refractivity (Wildman–Crippen MR) is 101 cm³/mol. The SMILES string of the molecule is CS(=O)(=O)c1ccc2c(c1)CCCN2C(=O)COCc1ccccc1Cl. The van der Waals surface area contributed by atoms with E-state index in [1.54, 1.807) is 29.2 Å². The molecule has 0 spiro atoms. The van der Waals surface area contributed by atoms with Crippen LogP contribution in [0.25, 0.3) is 0 Å². The molecule has 0 saturated heterocycles. The number of carbonyl (C=O) groups is 1. The Morgan fingerprint density at radius 2 is 2.00 bits per heavy atom. The summed E-state index contributed by atoms with van der Waals surface area (Å²) in [4.78, 5) is 14.5. The first-order valence-electron chi connectivity index (χ1n) is 8.31. The normalized spacial score (nSPS) is 14.2. The van der Waals surface area contributed by atoms with E-state index < -0.39 is 9.84 Å². The Morgan fingerprint density at radius 1 is 1.23 bits per heavy atom. The Labute approximate surface area is 158 Å². The van der Waals surface area contributed by atoms with Crippen molar-refractivity contribution in [2.75, 3.05) is 24.3 Å². The first-order chi connectivity index (χ1) is 12.4. The molecule has 0 saturated carbocycles. The van der Waals surface area contributed by atoms with Crippen LogP contribution in [-0.2, 0) is 32.4 Å². The Balaban J connectivity index is 1.69. The maximum absolute atomic E-state index is 12.6. The van der Waals surface area contributed by atoms with Gasteiger partial charge >= 0.3 is 0 Å². The van der Waals surface area contributed by atoms with E-state index in [1.807, 2.05) is 18.2 Å². The highest BCUT2D eigenvalue weighted by molar-refractivity contribution is 7.90. The zero-order valence-electron chi connectivity index (χ0n) is 14.4. The summed E-state index contributed by atoms with van der Waals surface area (Å²) in [6, 6.07) is 12.3. The van der Waals surface area contributed by atoms with E-state index in [1.165, 1.54) is 6.26 Å². The summed E-state index contributed by atoms with van der Waals surface area (Å²) in [6.45, 7) is 0.803. The second-order valence-corrected chi connectivity index (χ2v) is 8.72. The number of hydrogen-bond acceptors (Lipinski definition) is 4. The van der Waals surface area contributed by atoms with Crippen molar-refractivity contribution in [3.05, 3.63) is 58.6 Å². The molecule has 1 heterocycles. The van der Waals surface area contributed by atoms with Gasteiger partial charge in [-0.25, -0.2) is 8.42 Å². The van der Waals surface area contributed by atoms with Crippen LogP contribution in [0.1, 0.15) is 17.5 Å². The molecule has 138 valence electrons. The lowest BCUT2D eigenvalue weighted by molar-refractivity contribution is -0.123. The van der Waals surface area contributed by atoms with Crippen molar-refractivity contribution in [3.8, 4) is 0 Å². The molecule has 26 heavy (non-hydrogen) atoms. The van der Waals surface area contributed by atoms with Gasteiger partial charge in [-0.2, -0.15) is 0 Å². The molecular weight excluding hydrogens is 374 g/mol. The first kappa shape index (κ1) is 18.9. The molecule has 0 aromatic heterocycles. The maximum Gasteiger partial charge on any atom is 0.252 e. The fourth-order valence-electron chi connectivity index (χ4n) is 3.00. The van der Waals surface area contributed by atoms with Crippen molar-refractivity contribution in [3.63, 3.8) is 0 Å². The fraction of sp³-hybridized carbons (Fsp3) is 0.316. The summed E-state index contributed by atoms with van der Waals surface area (Å²) in [5.41, 5.74) is 2.47. The van der Waals surface area contributed by atoms with Crippen molar-refractivity contribution in [2.45, 2.75) is 24.3 Å². The Morgan fingerprint density at radius 3 is 2.73 bits per heavy atom. The predicted octanol–water partition coefficient (Wildman–Crippen LogP) is 3.24. The van der Waals surface area contributed by atoms with E-state index in [9.17, 15) is 13.2 Å². The van der Waals surface area contributed by atoms with Crippen molar-refractivity contribution in [1.29, 1.82) is 0 Å². The third-order valence-corrected chi connectivity index (χ3v) is 5.82. The number of aryl methyl sites for hydroxylation is 1. The quantitative estimate of drug-likeness (QED) is 0.782. The van der Waals surface area contributed by atoms with Gasteiger partial charge in [0.15, 0.2) is 9.84 Å². The van der Waals surface area contributed by atoms with Crippen LogP contribution < -0.4 is 4.90 Å². The molecule has 0 N–H and O–H groups in total. The second kappa shape index (κ2) is 7.78. The monoisotopic (exact) mass is 393 g/mol. The van der Waals surface area contributed by atoms with Crippen LogP contribution in [0.5, 0.6) is 0 Å². The number of hydrogen-bond donors (Lipinski definition) is 0. The summed E-state index contributed by atoms with van der Waals surface area (Å²) in [7, 11) is -3.26. The van der Waals surface area contributed by atoms with Crippen LogP contribution in [0.4, 0.5) is 5.69 Å². The van der Waals surface area contributed by atoms with Gasteiger partial charge in [0.2, 0.25) is 0 Å². The van der Waals surface area contributed by atoms with Crippen molar-refractivity contribution >= 4 is 33.0 Å². The first-order valence-corrected chi connectivity index (χ1v) is 10.6. The molecule has 2 aromatic rings. The highest BCUT2D eigenvalue weighted by Gasteiger charge is 2.24. The van der Waals surface area contributed by atoms with Crippen molar-refractivity contribution in [1.82, 2.24) is 0 Å². The summed E-state index contributed by atoms with van der Waals surface area (Å²) < 4.78 is 29.0. The van der Waals surface area contributed by atoms with Crippen molar-refractivity contribution in [2.24, 2.45) is 0 Å². The molecule has 0 bridgehead atoms. The third kappa shape index (κ3) is 4.26. The summed E-state index contributed by atoms with van der Waals surface area (Å²) >= 11 is 6.08. The molecule has 1 aliphatic rings. The van der Waals surface area contributed by atoms with Gasteiger partial charge in [0.1, 0.15) is 6.61 Å². The summed E-state index contributed by atoms with van der Waals surface area (Å²) in [5.74, 6) is -0.148.